The Labute approximate surface area is 134 Å². The Morgan fingerprint density at radius 1 is 1.00 bits per heavy atom. The molecule has 1 aromatic heterocycles. The summed E-state index contributed by atoms with van der Waals surface area (Å²) in [6.45, 7) is 1.91. The van der Waals surface area contributed by atoms with Gasteiger partial charge in [-0.3, -0.25) is 10.5 Å². The van der Waals surface area contributed by atoms with E-state index in [1.54, 1.807) is 0 Å². The van der Waals surface area contributed by atoms with Crippen molar-refractivity contribution in [3.05, 3.63) is 78.0 Å². The Morgan fingerprint density at radius 3 is 2.35 bits per heavy atom. The number of azo groups is 1. The van der Waals surface area contributed by atoms with Gasteiger partial charge in [-0.25, -0.2) is 0 Å². The lowest BCUT2D eigenvalue weighted by Crippen LogP contribution is -2.00. The summed E-state index contributed by atoms with van der Waals surface area (Å²) in [5.74, 6) is 1.00. The highest BCUT2D eigenvalue weighted by atomic mass is 15.3. The summed E-state index contributed by atoms with van der Waals surface area (Å²) in [7, 11) is 0. The first-order chi connectivity index (χ1) is 11.3. The number of hydrazone groups is 1. The lowest BCUT2D eigenvalue weighted by atomic mass is 10.2. The van der Waals surface area contributed by atoms with E-state index in [0.717, 1.165) is 16.9 Å². The molecule has 3 rings (SSSR count). The summed E-state index contributed by atoms with van der Waals surface area (Å²) >= 11 is 0. The van der Waals surface area contributed by atoms with E-state index in [4.69, 9.17) is 0 Å². The van der Waals surface area contributed by atoms with Crippen LogP contribution >= 0.6 is 0 Å². The molecule has 6 nitrogen and oxygen atoms in total. The molecular weight excluding hydrogens is 288 g/mol. The number of para-hydroxylation sites is 1. The molecule has 0 radical (unpaired) electrons. The molecule has 2 aromatic carbocycles. The van der Waals surface area contributed by atoms with Gasteiger partial charge in [-0.05, 0) is 19.1 Å². The third-order valence-electron chi connectivity index (χ3n) is 3.04. The highest BCUT2D eigenvalue weighted by Crippen LogP contribution is 2.12. The van der Waals surface area contributed by atoms with Crippen molar-refractivity contribution in [3.8, 4) is 0 Å². The van der Waals surface area contributed by atoms with Crippen LogP contribution in [0.25, 0.3) is 0 Å². The second kappa shape index (κ2) is 7.13. The molecule has 3 aromatic rings. The zero-order valence-corrected chi connectivity index (χ0v) is 12.6. The fourth-order valence-corrected chi connectivity index (χ4v) is 1.92. The predicted octanol–water partition coefficient (Wildman–Crippen LogP) is 4.28. The Morgan fingerprint density at radius 2 is 1.70 bits per heavy atom. The standard InChI is InChI=1S/C17H16N6/c1-13-12-16(20-18-13)21-23-17(14-8-4-2-5-9-14)22-19-15-10-6-3-7-11-15/h2-12,19H,1H3,(H,18,20). The van der Waals surface area contributed by atoms with E-state index in [0.29, 0.717) is 11.7 Å². The number of hydrogen-bond acceptors (Lipinski definition) is 4. The molecule has 1 heterocycles. The third kappa shape index (κ3) is 4.10. The molecular formula is C17H16N6. The summed E-state index contributed by atoms with van der Waals surface area (Å²) in [5.41, 5.74) is 5.67. The van der Waals surface area contributed by atoms with Gasteiger partial charge in [-0.2, -0.15) is 10.2 Å². The highest BCUT2D eigenvalue weighted by Gasteiger charge is 2.03. The predicted molar refractivity (Wildman–Crippen MR) is 90.9 cm³/mol. The van der Waals surface area contributed by atoms with E-state index in [1.165, 1.54) is 0 Å². The van der Waals surface area contributed by atoms with Crippen molar-refractivity contribution in [1.29, 1.82) is 0 Å². The van der Waals surface area contributed by atoms with Gasteiger partial charge in [0.25, 0.3) is 0 Å². The Hall–Kier alpha value is -3.28. The van der Waals surface area contributed by atoms with Crippen LogP contribution in [0.5, 0.6) is 0 Å². The largest absolute Gasteiger partial charge is 0.281 e. The lowest BCUT2D eigenvalue weighted by Gasteiger charge is -2.02. The summed E-state index contributed by atoms with van der Waals surface area (Å²) in [4.78, 5) is 0. The maximum Gasteiger partial charge on any atom is 0.201 e. The monoisotopic (exact) mass is 304 g/mol. The SMILES string of the molecule is Cc1cc(N=NC(=NNc2ccccc2)c2ccccc2)n[nH]1. The molecule has 2 N–H and O–H groups in total. The third-order valence-corrected chi connectivity index (χ3v) is 3.04. The average molecular weight is 304 g/mol. The topological polar surface area (TPSA) is 77.8 Å². The molecule has 0 saturated heterocycles. The smallest absolute Gasteiger partial charge is 0.201 e. The molecule has 114 valence electrons. The Balaban J connectivity index is 1.86. The number of amidine groups is 1. The summed E-state index contributed by atoms with van der Waals surface area (Å²) in [5, 5.41) is 19.6. The maximum atomic E-state index is 4.35. The van der Waals surface area contributed by atoms with E-state index < -0.39 is 0 Å². The zero-order chi connectivity index (χ0) is 15.9. The molecule has 0 saturated carbocycles. The summed E-state index contributed by atoms with van der Waals surface area (Å²) < 4.78 is 0. The van der Waals surface area contributed by atoms with Crippen molar-refractivity contribution in [1.82, 2.24) is 10.2 Å². The van der Waals surface area contributed by atoms with Gasteiger partial charge in [-0.1, -0.05) is 48.5 Å². The molecule has 6 heteroatoms. The van der Waals surface area contributed by atoms with Crippen LogP contribution in [-0.2, 0) is 0 Å². The molecule has 0 amide bonds. The van der Waals surface area contributed by atoms with Gasteiger partial charge < -0.3 is 0 Å². The number of nitrogens with one attached hydrogen (secondary N) is 2. The van der Waals surface area contributed by atoms with Crippen LogP contribution in [0.4, 0.5) is 11.5 Å². The van der Waals surface area contributed by atoms with E-state index in [2.05, 4.69) is 31.0 Å². The molecule has 0 fully saturated rings. The van der Waals surface area contributed by atoms with Crippen LogP contribution in [0.2, 0.25) is 0 Å². The second-order valence-electron chi connectivity index (χ2n) is 4.89. The van der Waals surface area contributed by atoms with Gasteiger partial charge in [0.15, 0.2) is 5.82 Å². The van der Waals surface area contributed by atoms with E-state index in [-0.39, 0.29) is 0 Å². The number of hydrogen-bond donors (Lipinski definition) is 2. The van der Waals surface area contributed by atoms with Gasteiger partial charge in [0.2, 0.25) is 5.84 Å². The molecule has 0 bridgehead atoms. The molecule has 23 heavy (non-hydrogen) atoms. The Kier molecular flexibility index (Phi) is 4.54. The maximum absolute atomic E-state index is 4.35. The summed E-state index contributed by atoms with van der Waals surface area (Å²) in [6, 6.07) is 21.2. The first-order valence-electron chi connectivity index (χ1n) is 7.19. The molecule has 0 atom stereocenters. The number of rotatable bonds is 4. The van der Waals surface area contributed by atoms with Crippen LogP contribution in [0, 0.1) is 6.92 Å². The van der Waals surface area contributed by atoms with Crippen LogP contribution in [0.1, 0.15) is 11.3 Å². The zero-order valence-electron chi connectivity index (χ0n) is 12.6. The summed E-state index contributed by atoms with van der Waals surface area (Å²) in [6.07, 6.45) is 0. The van der Waals surface area contributed by atoms with Crippen LogP contribution < -0.4 is 5.43 Å². The fraction of sp³-hybridized carbons (Fsp3) is 0.0588. The van der Waals surface area contributed by atoms with E-state index in [1.807, 2.05) is 73.7 Å². The van der Waals surface area contributed by atoms with Crippen molar-refractivity contribution in [3.63, 3.8) is 0 Å². The average Bonchev–Trinajstić information content (AvgIpc) is 3.02. The van der Waals surface area contributed by atoms with Crippen molar-refractivity contribution >= 4 is 17.3 Å². The minimum atomic E-state index is 0.482. The van der Waals surface area contributed by atoms with Crippen LogP contribution in [0.15, 0.2) is 82.1 Å². The number of anilines is 1. The first-order valence-corrected chi connectivity index (χ1v) is 7.19. The molecule has 0 aliphatic rings. The molecule has 0 spiro atoms. The van der Waals surface area contributed by atoms with Gasteiger partial charge in [0, 0.05) is 17.3 Å². The molecule has 0 aliphatic heterocycles. The Bertz CT molecular complexity index is 805. The number of benzene rings is 2. The normalized spacial score (nSPS) is 11.8. The van der Waals surface area contributed by atoms with Gasteiger partial charge in [0.05, 0.1) is 5.69 Å². The van der Waals surface area contributed by atoms with Gasteiger partial charge in [0.1, 0.15) is 0 Å². The number of aryl methyl sites for hydroxylation is 1. The number of aromatic amines is 1. The number of H-pyrrole nitrogens is 1. The van der Waals surface area contributed by atoms with Crippen LogP contribution in [0.3, 0.4) is 0 Å². The molecule has 0 aliphatic carbocycles. The second-order valence-corrected chi connectivity index (χ2v) is 4.89. The number of aromatic nitrogens is 2. The molecule has 0 unspecified atom stereocenters. The minimum absolute atomic E-state index is 0.482. The lowest BCUT2D eigenvalue weighted by molar-refractivity contribution is 1.03. The highest BCUT2D eigenvalue weighted by molar-refractivity contribution is 5.99. The fourth-order valence-electron chi connectivity index (χ4n) is 1.92. The van der Waals surface area contributed by atoms with Crippen molar-refractivity contribution < 1.29 is 0 Å². The van der Waals surface area contributed by atoms with Crippen LogP contribution in [-0.4, -0.2) is 16.0 Å². The van der Waals surface area contributed by atoms with E-state index >= 15 is 0 Å². The van der Waals surface area contributed by atoms with E-state index in [9.17, 15) is 0 Å². The van der Waals surface area contributed by atoms with Crippen molar-refractivity contribution in [2.75, 3.05) is 5.43 Å². The van der Waals surface area contributed by atoms with Crippen molar-refractivity contribution in [2.24, 2.45) is 15.3 Å². The minimum Gasteiger partial charge on any atom is -0.281 e. The first kappa shape index (κ1) is 14.6. The van der Waals surface area contributed by atoms with Crippen molar-refractivity contribution in [2.45, 2.75) is 6.92 Å². The van der Waals surface area contributed by atoms with Gasteiger partial charge >= 0.3 is 0 Å². The quantitative estimate of drug-likeness (QED) is 0.327. The number of nitrogens with zero attached hydrogens (tertiary/aromatic N) is 4. The van der Waals surface area contributed by atoms with Gasteiger partial charge in [-0.15, -0.1) is 10.2 Å².